The van der Waals surface area contributed by atoms with Gasteiger partial charge in [0.2, 0.25) is 5.75 Å². The quantitative estimate of drug-likeness (QED) is 0.162. The van der Waals surface area contributed by atoms with Gasteiger partial charge in [-0.1, -0.05) is 42.5 Å². The minimum Gasteiger partial charge on any atom is -0.493 e. The lowest BCUT2D eigenvalue weighted by Gasteiger charge is -2.22. The summed E-state index contributed by atoms with van der Waals surface area (Å²) in [6, 6.07) is 25.1. The van der Waals surface area contributed by atoms with Gasteiger partial charge in [0.25, 0.3) is 5.56 Å². The SMILES string of the molecule is COC(=O)c1c(-c2cc(OC)c(OC)c(OC)c2)c2cccc(OC(C)c3ccccc3)c2c(=O)n1-c1ccc(N)cc1. The van der Waals surface area contributed by atoms with Crippen LogP contribution in [0.25, 0.3) is 27.6 Å². The van der Waals surface area contributed by atoms with E-state index in [1.807, 2.05) is 37.3 Å². The molecule has 2 N–H and O–H groups in total. The number of methoxy groups -OCH3 is 4. The van der Waals surface area contributed by atoms with Crippen LogP contribution in [0.4, 0.5) is 5.69 Å². The Morgan fingerprint density at radius 2 is 1.44 bits per heavy atom. The lowest BCUT2D eigenvalue weighted by atomic mass is 9.95. The zero-order valence-corrected chi connectivity index (χ0v) is 24.5. The van der Waals surface area contributed by atoms with Crippen molar-refractivity contribution in [3.63, 3.8) is 0 Å². The maximum Gasteiger partial charge on any atom is 0.355 e. The first-order valence-electron chi connectivity index (χ1n) is 13.5. The number of hydrogen-bond acceptors (Lipinski definition) is 8. The number of carbonyl (C=O) groups excluding carboxylic acids is 1. The van der Waals surface area contributed by atoms with E-state index >= 15 is 0 Å². The van der Waals surface area contributed by atoms with E-state index in [-0.39, 0.29) is 17.2 Å². The number of fused-ring (bicyclic) bond motifs is 1. The molecular weight excluding hydrogens is 548 g/mol. The average molecular weight is 581 g/mol. The fraction of sp³-hybridized carbons (Fsp3) is 0.176. The molecule has 0 aliphatic carbocycles. The van der Waals surface area contributed by atoms with Gasteiger partial charge in [0.15, 0.2) is 11.5 Å². The van der Waals surface area contributed by atoms with Crippen molar-refractivity contribution < 1.29 is 28.5 Å². The summed E-state index contributed by atoms with van der Waals surface area (Å²) in [5.41, 5.74) is 8.30. The lowest BCUT2D eigenvalue weighted by Crippen LogP contribution is -2.27. The van der Waals surface area contributed by atoms with Gasteiger partial charge in [-0.3, -0.25) is 9.36 Å². The van der Waals surface area contributed by atoms with Crippen molar-refractivity contribution in [2.45, 2.75) is 13.0 Å². The number of rotatable bonds is 9. The van der Waals surface area contributed by atoms with E-state index in [1.54, 1.807) is 54.6 Å². The van der Waals surface area contributed by atoms with Crippen LogP contribution in [-0.4, -0.2) is 39.0 Å². The van der Waals surface area contributed by atoms with Crippen molar-refractivity contribution in [2.75, 3.05) is 34.2 Å². The van der Waals surface area contributed by atoms with Crippen molar-refractivity contribution in [2.24, 2.45) is 0 Å². The summed E-state index contributed by atoms with van der Waals surface area (Å²) >= 11 is 0. The van der Waals surface area contributed by atoms with Gasteiger partial charge < -0.3 is 29.4 Å². The average Bonchev–Trinajstić information content (AvgIpc) is 3.04. The predicted octanol–water partition coefficient (Wildman–Crippen LogP) is 6.19. The maximum atomic E-state index is 14.5. The summed E-state index contributed by atoms with van der Waals surface area (Å²) < 4.78 is 29.8. The molecule has 43 heavy (non-hydrogen) atoms. The molecule has 1 aromatic heterocycles. The van der Waals surface area contributed by atoms with Crippen LogP contribution in [0.15, 0.2) is 89.7 Å². The molecule has 0 spiro atoms. The molecule has 5 rings (SSSR count). The monoisotopic (exact) mass is 580 g/mol. The second kappa shape index (κ2) is 12.2. The molecule has 1 unspecified atom stereocenters. The van der Waals surface area contributed by atoms with Gasteiger partial charge in [0.05, 0.1) is 33.8 Å². The number of hydrogen-bond donors (Lipinski definition) is 1. The number of nitrogens with zero attached hydrogens (tertiary/aromatic N) is 1. The number of carbonyl (C=O) groups is 1. The Bertz CT molecular complexity index is 1820. The molecule has 5 aromatic rings. The molecule has 0 bridgehead atoms. The number of ether oxygens (including phenoxy) is 5. The number of esters is 1. The number of anilines is 1. The third-order valence-electron chi connectivity index (χ3n) is 7.23. The Labute approximate surface area is 248 Å². The number of nitrogen functional groups attached to an aromatic ring is 1. The van der Waals surface area contributed by atoms with Crippen LogP contribution < -0.4 is 30.2 Å². The van der Waals surface area contributed by atoms with Crippen molar-refractivity contribution in [1.82, 2.24) is 4.57 Å². The summed E-state index contributed by atoms with van der Waals surface area (Å²) in [6.07, 6.45) is -0.374. The van der Waals surface area contributed by atoms with Gasteiger partial charge in [0.1, 0.15) is 17.5 Å². The van der Waals surface area contributed by atoms with Crippen LogP contribution in [0, 0.1) is 0 Å². The van der Waals surface area contributed by atoms with Gasteiger partial charge in [0, 0.05) is 22.3 Å². The van der Waals surface area contributed by atoms with Crippen LogP contribution in [0.1, 0.15) is 29.1 Å². The first-order valence-corrected chi connectivity index (χ1v) is 13.5. The van der Waals surface area contributed by atoms with Gasteiger partial charge >= 0.3 is 5.97 Å². The first kappa shape index (κ1) is 29.1. The molecule has 1 heterocycles. The third-order valence-corrected chi connectivity index (χ3v) is 7.23. The van der Waals surface area contributed by atoms with Crippen LogP contribution in [0.3, 0.4) is 0 Å². The molecule has 0 aliphatic heterocycles. The van der Waals surface area contributed by atoms with Gasteiger partial charge in [-0.2, -0.15) is 0 Å². The molecule has 0 saturated heterocycles. The minimum atomic E-state index is -0.719. The molecule has 0 saturated carbocycles. The van der Waals surface area contributed by atoms with E-state index < -0.39 is 11.5 Å². The number of pyridine rings is 1. The number of aromatic nitrogens is 1. The molecular formula is C34H32N2O7. The summed E-state index contributed by atoms with van der Waals surface area (Å²) in [6.45, 7) is 1.91. The predicted molar refractivity (Wildman–Crippen MR) is 166 cm³/mol. The molecule has 0 fully saturated rings. The topological polar surface area (TPSA) is 111 Å². The minimum absolute atomic E-state index is 0.00676. The Balaban J connectivity index is 1.93. The highest BCUT2D eigenvalue weighted by molar-refractivity contribution is 6.09. The van der Waals surface area contributed by atoms with E-state index in [1.165, 1.54) is 33.0 Å². The standard InChI is InChI=1S/C34H32N2O7/c1-20(21-10-7-6-8-11-21)43-26-13-9-12-25-29(22-18-27(39-2)32(41-4)28(19-22)40-3)31(34(38)42-5)36(33(37)30(25)26)24-16-14-23(35)15-17-24/h6-20H,35H2,1-5H3. The van der Waals surface area contributed by atoms with Crippen LogP contribution in [-0.2, 0) is 4.74 Å². The zero-order valence-electron chi connectivity index (χ0n) is 24.5. The molecule has 220 valence electrons. The summed E-state index contributed by atoms with van der Waals surface area (Å²) in [5, 5.41) is 0.752. The highest BCUT2D eigenvalue weighted by Gasteiger charge is 2.28. The van der Waals surface area contributed by atoms with Gasteiger partial charge in [-0.25, -0.2) is 4.79 Å². The Kier molecular flexibility index (Phi) is 8.25. The fourth-order valence-corrected chi connectivity index (χ4v) is 5.17. The Morgan fingerprint density at radius 1 is 0.791 bits per heavy atom. The summed E-state index contributed by atoms with van der Waals surface area (Å²) in [7, 11) is 5.79. The molecule has 4 aromatic carbocycles. The van der Waals surface area contributed by atoms with Crippen molar-refractivity contribution in [3.05, 3.63) is 107 Å². The highest BCUT2D eigenvalue weighted by atomic mass is 16.5. The van der Waals surface area contributed by atoms with Crippen molar-refractivity contribution in [3.8, 4) is 39.8 Å². The maximum absolute atomic E-state index is 14.5. The fourth-order valence-electron chi connectivity index (χ4n) is 5.17. The second-order valence-corrected chi connectivity index (χ2v) is 9.71. The first-order chi connectivity index (χ1) is 20.8. The molecule has 9 heteroatoms. The van der Waals surface area contributed by atoms with E-state index in [2.05, 4.69) is 0 Å². The smallest absolute Gasteiger partial charge is 0.355 e. The normalized spacial score (nSPS) is 11.6. The van der Waals surface area contributed by atoms with Gasteiger partial charge in [-0.05, 0) is 60.5 Å². The van der Waals surface area contributed by atoms with E-state index in [4.69, 9.17) is 29.4 Å². The lowest BCUT2D eigenvalue weighted by molar-refractivity contribution is 0.0591. The van der Waals surface area contributed by atoms with Crippen molar-refractivity contribution in [1.29, 1.82) is 0 Å². The number of benzene rings is 4. The summed E-state index contributed by atoms with van der Waals surface area (Å²) in [5.74, 6) is 0.759. The van der Waals surface area contributed by atoms with Crippen molar-refractivity contribution >= 4 is 22.4 Å². The van der Waals surface area contributed by atoms with E-state index in [0.717, 1.165) is 5.56 Å². The molecule has 0 amide bonds. The van der Waals surface area contributed by atoms with Gasteiger partial charge in [-0.15, -0.1) is 0 Å². The van der Waals surface area contributed by atoms with E-state index in [9.17, 15) is 9.59 Å². The molecule has 0 radical (unpaired) electrons. The Hall–Kier alpha value is -5.44. The Morgan fingerprint density at radius 3 is 2.02 bits per heavy atom. The molecule has 1 atom stereocenters. The molecule has 0 aliphatic rings. The highest BCUT2D eigenvalue weighted by Crippen LogP contribution is 2.44. The largest absolute Gasteiger partial charge is 0.493 e. The second-order valence-electron chi connectivity index (χ2n) is 9.71. The van der Waals surface area contributed by atoms with Crippen LogP contribution in [0.5, 0.6) is 23.0 Å². The molecule has 9 nitrogen and oxygen atoms in total. The van der Waals surface area contributed by atoms with Crippen LogP contribution in [0.2, 0.25) is 0 Å². The van der Waals surface area contributed by atoms with E-state index in [0.29, 0.717) is 50.9 Å². The van der Waals surface area contributed by atoms with Crippen LogP contribution >= 0.6 is 0 Å². The number of nitrogens with two attached hydrogens (primary N) is 1. The zero-order chi connectivity index (χ0) is 30.7. The third kappa shape index (κ3) is 5.32. The summed E-state index contributed by atoms with van der Waals surface area (Å²) in [4.78, 5) is 28.1.